The van der Waals surface area contributed by atoms with Gasteiger partial charge in [-0.25, -0.2) is 14.2 Å². The van der Waals surface area contributed by atoms with Gasteiger partial charge in [0.1, 0.15) is 23.4 Å². The molecule has 2 aliphatic rings. The zero-order valence-corrected chi connectivity index (χ0v) is 21.6. The standard InChI is InChI=1S/C29H21FN2O6S/c1-14-11-18-12-17(7-10-21(18)38-14)25(33)23-24(15-3-5-16(6-4-15)28(36)37-2)32(27(35)26(23)34)29-31-20-9-8-19(30)13-22(20)39-29/h3-10,12-14,24,33H,11H2,1-2H3/t14-,24-/m0/s1. The molecule has 1 amide bonds. The van der Waals surface area contributed by atoms with Gasteiger partial charge in [-0.1, -0.05) is 23.5 Å². The van der Waals surface area contributed by atoms with E-state index in [4.69, 9.17) is 9.47 Å². The van der Waals surface area contributed by atoms with E-state index in [-0.39, 0.29) is 28.1 Å². The Kier molecular flexibility index (Phi) is 5.91. The summed E-state index contributed by atoms with van der Waals surface area (Å²) in [5.74, 6) is -2.40. The molecule has 8 nitrogen and oxygen atoms in total. The highest BCUT2D eigenvalue weighted by atomic mass is 32.1. The molecule has 3 aromatic carbocycles. The molecule has 39 heavy (non-hydrogen) atoms. The fourth-order valence-electron chi connectivity index (χ4n) is 4.98. The lowest BCUT2D eigenvalue weighted by atomic mass is 9.94. The van der Waals surface area contributed by atoms with Gasteiger partial charge in [0.2, 0.25) is 0 Å². The van der Waals surface area contributed by atoms with Crippen LogP contribution < -0.4 is 9.64 Å². The number of ether oxygens (including phenoxy) is 2. The first-order chi connectivity index (χ1) is 18.7. The van der Waals surface area contributed by atoms with Crippen molar-refractivity contribution in [2.45, 2.75) is 25.5 Å². The summed E-state index contributed by atoms with van der Waals surface area (Å²) in [4.78, 5) is 44.6. The van der Waals surface area contributed by atoms with Crippen LogP contribution in [-0.4, -0.2) is 41.0 Å². The van der Waals surface area contributed by atoms with Gasteiger partial charge in [-0.2, -0.15) is 0 Å². The molecule has 0 radical (unpaired) electrons. The number of benzene rings is 3. The Hall–Kier alpha value is -4.57. The van der Waals surface area contributed by atoms with Gasteiger partial charge in [0.15, 0.2) is 5.13 Å². The second-order valence-corrected chi connectivity index (χ2v) is 10.4. The Labute approximate surface area is 225 Å². The first kappa shape index (κ1) is 24.7. The fraction of sp³-hybridized carbons (Fsp3) is 0.172. The van der Waals surface area contributed by atoms with Crippen molar-refractivity contribution in [1.29, 1.82) is 0 Å². The van der Waals surface area contributed by atoms with E-state index in [1.807, 2.05) is 6.92 Å². The predicted octanol–water partition coefficient (Wildman–Crippen LogP) is 5.17. The molecule has 10 heteroatoms. The van der Waals surface area contributed by atoms with Gasteiger partial charge in [0, 0.05) is 12.0 Å². The van der Waals surface area contributed by atoms with Gasteiger partial charge >= 0.3 is 11.9 Å². The van der Waals surface area contributed by atoms with E-state index in [0.717, 1.165) is 16.9 Å². The van der Waals surface area contributed by atoms with Gasteiger partial charge in [-0.15, -0.1) is 0 Å². The molecule has 0 saturated carbocycles. The van der Waals surface area contributed by atoms with Gasteiger partial charge < -0.3 is 14.6 Å². The maximum atomic E-state index is 13.9. The third kappa shape index (κ3) is 4.13. The molecule has 6 rings (SSSR count). The van der Waals surface area contributed by atoms with Crippen molar-refractivity contribution in [3.05, 3.63) is 94.3 Å². The lowest BCUT2D eigenvalue weighted by Crippen LogP contribution is -2.29. The van der Waals surface area contributed by atoms with Crippen LogP contribution >= 0.6 is 11.3 Å². The molecule has 0 spiro atoms. The van der Waals surface area contributed by atoms with Crippen molar-refractivity contribution in [2.75, 3.05) is 12.0 Å². The largest absolute Gasteiger partial charge is 0.507 e. The number of anilines is 1. The number of aliphatic hydroxyl groups is 1. The predicted molar refractivity (Wildman–Crippen MR) is 142 cm³/mol. The number of esters is 1. The number of thiazole rings is 1. The van der Waals surface area contributed by atoms with Gasteiger partial charge in [0.05, 0.1) is 34.5 Å². The van der Waals surface area contributed by atoms with E-state index < -0.39 is 29.5 Å². The van der Waals surface area contributed by atoms with E-state index in [1.54, 1.807) is 30.3 Å². The Bertz CT molecular complexity index is 1710. The van der Waals surface area contributed by atoms with Crippen molar-refractivity contribution in [2.24, 2.45) is 0 Å². The van der Waals surface area contributed by atoms with E-state index >= 15 is 0 Å². The zero-order chi connectivity index (χ0) is 27.4. The molecule has 1 aromatic heterocycles. The van der Waals surface area contributed by atoms with Crippen molar-refractivity contribution < 1.29 is 33.4 Å². The second-order valence-electron chi connectivity index (χ2n) is 9.35. The normalized spacial score (nSPS) is 19.8. The quantitative estimate of drug-likeness (QED) is 0.164. The number of aromatic nitrogens is 1. The number of Topliss-reactive ketones (excluding diaryl/α,β-unsaturated/α-hetero) is 1. The second kappa shape index (κ2) is 9.32. The molecule has 2 atom stereocenters. The van der Waals surface area contributed by atoms with E-state index in [9.17, 15) is 23.9 Å². The van der Waals surface area contributed by atoms with Crippen LogP contribution in [-0.2, 0) is 20.7 Å². The van der Waals surface area contributed by atoms with Crippen LogP contribution in [0.4, 0.5) is 9.52 Å². The summed E-state index contributed by atoms with van der Waals surface area (Å²) in [6.07, 6.45) is 0.631. The summed E-state index contributed by atoms with van der Waals surface area (Å²) in [6.45, 7) is 1.94. The minimum Gasteiger partial charge on any atom is -0.507 e. The van der Waals surface area contributed by atoms with Crippen LogP contribution in [0.5, 0.6) is 5.75 Å². The molecule has 1 fully saturated rings. The number of hydrogen-bond acceptors (Lipinski definition) is 8. The summed E-state index contributed by atoms with van der Waals surface area (Å²) in [5, 5.41) is 11.6. The molecular formula is C29H21FN2O6S. The molecule has 0 aliphatic carbocycles. The van der Waals surface area contributed by atoms with Gasteiger partial charge in [0.25, 0.3) is 5.78 Å². The van der Waals surface area contributed by atoms with E-state index in [1.165, 1.54) is 42.3 Å². The lowest BCUT2D eigenvalue weighted by Gasteiger charge is -2.23. The zero-order valence-electron chi connectivity index (χ0n) is 20.8. The lowest BCUT2D eigenvalue weighted by molar-refractivity contribution is -0.132. The number of methoxy groups -OCH3 is 1. The summed E-state index contributed by atoms with van der Waals surface area (Å²) in [7, 11) is 1.27. The van der Waals surface area contributed by atoms with Crippen molar-refractivity contribution in [1.82, 2.24) is 4.98 Å². The summed E-state index contributed by atoms with van der Waals surface area (Å²) in [6, 6.07) is 14.3. The first-order valence-electron chi connectivity index (χ1n) is 12.1. The number of rotatable bonds is 4. The summed E-state index contributed by atoms with van der Waals surface area (Å²) >= 11 is 1.06. The maximum Gasteiger partial charge on any atom is 0.337 e. The number of aliphatic hydroxyl groups excluding tert-OH is 1. The van der Waals surface area contributed by atoms with Crippen molar-refractivity contribution >= 4 is 50.1 Å². The summed E-state index contributed by atoms with van der Waals surface area (Å²) in [5.41, 5.74) is 2.34. The first-order valence-corrected chi connectivity index (χ1v) is 12.9. The van der Waals surface area contributed by atoms with Crippen molar-refractivity contribution in [3.8, 4) is 5.75 Å². The van der Waals surface area contributed by atoms with Crippen LogP contribution in [0.1, 0.15) is 40.0 Å². The molecule has 3 heterocycles. The molecule has 1 N–H and O–H groups in total. The molecule has 4 aromatic rings. The Balaban J connectivity index is 1.52. The Morgan fingerprint density at radius 1 is 1.10 bits per heavy atom. The maximum absolute atomic E-state index is 13.9. The minimum atomic E-state index is -1.05. The van der Waals surface area contributed by atoms with Crippen LogP contribution in [0.25, 0.3) is 16.0 Å². The Morgan fingerprint density at radius 2 is 1.85 bits per heavy atom. The minimum absolute atomic E-state index is 0.0137. The molecule has 1 saturated heterocycles. The topological polar surface area (TPSA) is 106 Å². The van der Waals surface area contributed by atoms with Crippen LogP contribution in [0, 0.1) is 5.82 Å². The number of amides is 1. The number of carbonyl (C=O) groups is 3. The molecule has 2 aliphatic heterocycles. The van der Waals surface area contributed by atoms with Crippen LogP contribution in [0.3, 0.4) is 0 Å². The van der Waals surface area contributed by atoms with Crippen LogP contribution in [0.2, 0.25) is 0 Å². The third-order valence-electron chi connectivity index (χ3n) is 6.81. The number of halogens is 1. The number of hydrogen-bond donors (Lipinski definition) is 1. The van der Waals surface area contributed by atoms with E-state index in [2.05, 4.69) is 4.98 Å². The average Bonchev–Trinajstić information content (AvgIpc) is 3.59. The number of fused-ring (bicyclic) bond motifs is 2. The SMILES string of the molecule is COC(=O)c1ccc([C@H]2C(=C(O)c3ccc4c(c3)C[C@H](C)O4)C(=O)C(=O)N2c2nc3ccc(F)cc3s2)cc1. The fourth-order valence-corrected chi connectivity index (χ4v) is 6.00. The average molecular weight is 545 g/mol. The molecule has 0 bridgehead atoms. The summed E-state index contributed by atoms with van der Waals surface area (Å²) < 4.78 is 24.9. The van der Waals surface area contributed by atoms with Crippen LogP contribution in [0.15, 0.2) is 66.2 Å². The number of ketones is 1. The highest BCUT2D eigenvalue weighted by Gasteiger charge is 2.48. The van der Waals surface area contributed by atoms with Gasteiger partial charge in [-0.3, -0.25) is 14.5 Å². The molecule has 0 unspecified atom stereocenters. The smallest absolute Gasteiger partial charge is 0.337 e. The third-order valence-corrected chi connectivity index (χ3v) is 7.82. The van der Waals surface area contributed by atoms with E-state index in [0.29, 0.717) is 33.5 Å². The highest BCUT2D eigenvalue weighted by Crippen LogP contribution is 2.45. The number of carbonyl (C=O) groups excluding carboxylic acids is 3. The molecular weight excluding hydrogens is 523 g/mol. The van der Waals surface area contributed by atoms with Gasteiger partial charge in [-0.05, 0) is 66.6 Å². The highest BCUT2D eigenvalue weighted by molar-refractivity contribution is 7.22. The Morgan fingerprint density at radius 3 is 2.59 bits per heavy atom. The van der Waals surface area contributed by atoms with Crippen molar-refractivity contribution in [3.63, 3.8) is 0 Å². The monoisotopic (exact) mass is 544 g/mol. The number of nitrogens with zero attached hydrogens (tertiary/aromatic N) is 2. The molecule has 196 valence electrons.